The number of rotatable bonds is 5. The maximum Gasteiger partial charge on any atom is 0.230 e. The molecule has 1 fully saturated rings. The number of nitrogens with zero attached hydrogens (tertiary/aromatic N) is 3. The average molecular weight is 351 g/mol. The highest BCUT2D eigenvalue weighted by molar-refractivity contribution is 5.84. The second kappa shape index (κ2) is 8.95. The van der Waals surface area contributed by atoms with E-state index in [0.29, 0.717) is 5.92 Å². The first kappa shape index (κ1) is 18.6. The Morgan fingerprint density at radius 1 is 1.04 bits per heavy atom. The molecule has 0 spiro atoms. The molecule has 4 nitrogen and oxygen atoms in total. The van der Waals surface area contributed by atoms with Crippen molar-refractivity contribution in [1.29, 1.82) is 0 Å². The SMILES string of the molecule is CC(C)C(C(=O)N1CCCN(Cc2cccnc2)CC1)c1ccccc1. The molecule has 0 N–H and O–H groups in total. The molecule has 3 rings (SSSR count). The number of benzene rings is 1. The van der Waals surface area contributed by atoms with Crippen LogP contribution < -0.4 is 0 Å². The number of hydrogen-bond donors (Lipinski definition) is 0. The normalized spacial score (nSPS) is 17.1. The van der Waals surface area contributed by atoms with Gasteiger partial charge in [-0.2, -0.15) is 0 Å². The number of hydrogen-bond acceptors (Lipinski definition) is 3. The molecule has 2 heterocycles. The van der Waals surface area contributed by atoms with Crippen LogP contribution in [0.4, 0.5) is 0 Å². The fraction of sp³-hybridized carbons (Fsp3) is 0.455. The van der Waals surface area contributed by atoms with Crippen LogP contribution in [-0.2, 0) is 11.3 Å². The van der Waals surface area contributed by atoms with E-state index in [9.17, 15) is 4.79 Å². The largest absolute Gasteiger partial charge is 0.341 e. The van der Waals surface area contributed by atoms with Crippen LogP contribution in [0.15, 0.2) is 54.9 Å². The van der Waals surface area contributed by atoms with Gasteiger partial charge in [0.15, 0.2) is 0 Å². The van der Waals surface area contributed by atoms with Crippen LogP contribution in [0, 0.1) is 5.92 Å². The van der Waals surface area contributed by atoms with Gasteiger partial charge in [0, 0.05) is 45.1 Å². The summed E-state index contributed by atoms with van der Waals surface area (Å²) in [5, 5.41) is 0. The fourth-order valence-electron chi connectivity index (χ4n) is 3.77. The van der Waals surface area contributed by atoms with E-state index in [2.05, 4.69) is 46.8 Å². The third-order valence-corrected chi connectivity index (χ3v) is 5.12. The molecular weight excluding hydrogens is 322 g/mol. The van der Waals surface area contributed by atoms with E-state index >= 15 is 0 Å². The van der Waals surface area contributed by atoms with Crippen molar-refractivity contribution in [3.8, 4) is 0 Å². The third-order valence-electron chi connectivity index (χ3n) is 5.12. The Morgan fingerprint density at radius 2 is 1.85 bits per heavy atom. The van der Waals surface area contributed by atoms with Crippen LogP contribution >= 0.6 is 0 Å². The minimum Gasteiger partial charge on any atom is -0.341 e. The summed E-state index contributed by atoms with van der Waals surface area (Å²) in [5.41, 5.74) is 2.36. The Labute approximate surface area is 156 Å². The van der Waals surface area contributed by atoms with Crippen molar-refractivity contribution in [2.75, 3.05) is 26.2 Å². The van der Waals surface area contributed by atoms with Crippen molar-refractivity contribution in [2.24, 2.45) is 5.92 Å². The number of amides is 1. The highest BCUT2D eigenvalue weighted by Crippen LogP contribution is 2.27. The Balaban J connectivity index is 1.65. The van der Waals surface area contributed by atoms with Gasteiger partial charge in [-0.1, -0.05) is 50.2 Å². The summed E-state index contributed by atoms with van der Waals surface area (Å²) in [7, 11) is 0. The molecule has 1 aliphatic heterocycles. The lowest BCUT2D eigenvalue weighted by molar-refractivity contribution is -0.133. The molecule has 2 aromatic rings. The van der Waals surface area contributed by atoms with Crippen LogP contribution in [-0.4, -0.2) is 46.9 Å². The Hall–Kier alpha value is -2.20. The average Bonchev–Trinajstić information content (AvgIpc) is 2.89. The first-order valence-electron chi connectivity index (χ1n) is 9.60. The summed E-state index contributed by atoms with van der Waals surface area (Å²) in [6, 6.07) is 14.3. The number of carbonyl (C=O) groups is 1. The summed E-state index contributed by atoms with van der Waals surface area (Å²) in [5.74, 6) is 0.509. The summed E-state index contributed by atoms with van der Waals surface area (Å²) in [6.07, 6.45) is 4.76. The van der Waals surface area contributed by atoms with E-state index < -0.39 is 0 Å². The van der Waals surface area contributed by atoms with Crippen molar-refractivity contribution >= 4 is 5.91 Å². The maximum atomic E-state index is 13.3. The van der Waals surface area contributed by atoms with Crippen LogP contribution in [0.3, 0.4) is 0 Å². The lowest BCUT2D eigenvalue weighted by Crippen LogP contribution is -2.39. The van der Waals surface area contributed by atoms with E-state index in [4.69, 9.17) is 0 Å². The van der Waals surface area contributed by atoms with Crippen molar-refractivity contribution < 1.29 is 4.79 Å². The monoisotopic (exact) mass is 351 g/mol. The molecule has 4 heteroatoms. The Bertz CT molecular complexity index is 687. The van der Waals surface area contributed by atoms with Gasteiger partial charge in [-0.25, -0.2) is 0 Å². The van der Waals surface area contributed by atoms with Crippen LogP contribution in [0.5, 0.6) is 0 Å². The molecule has 0 saturated carbocycles. The van der Waals surface area contributed by atoms with Gasteiger partial charge >= 0.3 is 0 Å². The van der Waals surface area contributed by atoms with Gasteiger partial charge in [0.1, 0.15) is 0 Å². The van der Waals surface area contributed by atoms with Gasteiger partial charge in [-0.15, -0.1) is 0 Å². The highest BCUT2D eigenvalue weighted by atomic mass is 16.2. The van der Waals surface area contributed by atoms with Crippen LogP contribution in [0.2, 0.25) is 0 Å². The second-order valence-corrected chi connectivity index (χ2v) is 7.45. The minimum atomic E-state index is -0.0546. The van der Waals surface area contributed by atoms with Crippen LogP contribution in [0.25, 0.3) is 0 Å². The van der Waals surface area contributed by atoms with Gasteiger partial charge < -0.3 is 4.90 Å². The molecule has 1 aromatic heterocycles. The van der Waals surface area contributed by atoms with E-state index in [1.165, 1.54) is 5.56 Å². The Morgan fingerprint density at radius 3 is 2.54 bits per heavy atom. The lowest BCUT2D eigenvalue weighted by atomic mass is 9.87. The summed E-state index contributed by atoms with van der Waals surface area (Å²) < 4.78 is 0. The highest BCUT2D eigenvalue weighted by Gasteiger charge is 2.29. The molecule has 0 radical (unpaired) electrons. The second-order valence-electron chi connectivity index (χ2n) is 7.45. The first-order valence-corrected chi connectivity index (χ1v) is 9.60. The molecule has 1 amide bonds. The quantitative estimate of drug-likeness (QED) is 0.826. The molecule has 1 aromatic carbocycles. The van der Waals surface area contributed by atoms with E-state index in [0.717, 1.165) is 44.7 Å². The molecule has 1 atom stereocenters. The summed E-state index contributed by atoms with van der Waals surface area (Å²) >= 11 is 0. The van der Waals surface area contributed by atoms with Crippen molar-refractivity contribution in [2.45, 2.75) is 32.7 Å². The smallest absolute Gasteiger partial charge is 0.230 e. The Kier molecular flexibility index (Phi) is 6.40. The summed E-state index contributed by atoms with van der Waals surface area (Å²) in [6.45, 7) is 8.77. The van der Waals surface area contributed by atoms with E-state index in [-0.39, 0.29) is 11.8 Å². The predicted octanol–water partition coefficient (Wildman–Crippen LogP) is 3.56. The topological polar surface area (TPSA) is 36.4 Å². The molecule has 1 aliphatic rings. The number of carbonyl (C=O) groups excluding carboxylic acids is 1. The molecule has 1 unspecified atom stereocenters. The van der Waals surface area contributed by atoms with Crippen molar-refractivity contribution in [3.63, 3.8) is 0 Å². The van der Waals surface area contributed by atoms with Gasteiger partial charge in [0.2, 0.25) is 5.91 Å². The van der Waals surface area contributed by atoms with Gasteiger partial charge in [-0.05, 0) is 29.5 Å². The van der Waals surface area contributed by atoms with E-state index in [1.807, 2.05) is 36.7 Å². The van der Waals surface area contributed by atoms with Crippen molar-refractivity contribution in [3.05, 3.63) is 66.0 Å². The van der Waals surface area contributed by atoms with Gasteiger partial charge in [0.25, 0.3) is 0 Å². The summed E-state index contributed by atoms with van der Waals surface area (Å²) in [4.78, 5) is 22.0. The first-order chi connectivity index (χ1) is 12.6. The number of aromatic nitrogens is 1. The zero-order valence-electron chi connectivity index (χ0n) is 15.8. The maximum absolute atomic E-state index is 13.3. The van der Waals surface area contributed by atoms with Gasteiger partial charge in [0.05, 0.1) is 5.92 Å². The standard InChI is InChI=1S/C22H29N3O/c1-18(2)21(20-9-4-3-5-10-20)22(26)25-13-7-12-24(14-15-25)17-19-8-6-11-23-16-19/h3-6,8-11,16,18,21H,7,12-15,17H2,1-2H3. The number of pyridine rings is 1. The third kappa shape index (κ3) is 4.70. The minimum absolute atomic E-state index is 0.0546. The zero-order valence-corrected chi connectivity index (χ0v) is 15.8. The molecular formula is C22H29N3O. The molecule has 138 valence electrons. The molecule has 26 heavy (non-hydrogen) atoms. The van der Waals surface area contributed by atoms with Gasteiger partial charge in [-0.3, -0.25) is 14.7 Å². The van der Waals surface area contributed by atoms with Crippen LogP contribution in [0.1, 0.15) is 37.3 Å². The molecule has 0 aliphatic carbocycles. The lowest BCUT2D eigenvalue weighted by Gasteiger charge is -2.29. The zero-order chi connectivity index (χ0) is 18.4. The predicted molar refractivity (Wildman–Crippen MR) is 105 cm³/mol. The fourth-order valence-corrected chi connectivity index (χ4v) is 3.77. The van der Waals surface area contributed by atoms with Crippen molar-refractivity contribution in [1.82, 2.24) is 14.8 Å². The molecule has 0 bridgehead atoms. The van der Waals surface area contributed by atoms with E-state index in [1.54, 1.807) is 0 Å². The molecule has 1 saturated heterocycles.